The highest BCUT2D eigenvalue weighted by molar-refractivity contribution is 5.63. The molecule has 0 aliphatic carbocycles. The number of rotatable bonds is 6. The first-order valence-corrected chi connectivity index (χ1v) is 9.42. The van der Waals surface area contributed by atoms with E-state index in [0.717, 1.165) is 35.7 Å². The smallest absolute Gasteiger partial charge is 0.251 e. The number of aryl methyl sites for hydroxylation is 1. The lowest BCUT2D eigenvalue weighted by Gasteiger charge is -2.15. The average Bonchev–Trinajstić information content (AvgIpc) is 3.13. The molecule has 0 amide bonds. The predicted molar refractivity (Wildman–Crippen MR) is 112 cm³/mol. The Kier molecular flexibility index (Phi) is 5.35. The van der Waals surface area contributed by atoms with Crippen molar-refractivity contribution in [3.05, 3.63) is 94.4 Å². The molecule has 3 aromatic heterocycles. The lowest BCUT2D eigenvalue weighted by molar-refractivity contribution is 0.285. The van der Waals surface area contributed by atoms with Crippen molar-refractivity contribution in [2.24, 2.45) is 0 Å². The van der Waals surface area contributed by atoms with Crippen molar-refractivity contribution < 1.29 is 4.42 Å². The van der Waals surface area contributed by atoms with Gasteiger partial charge in [-0.3, -0.25) is 14.7 Å². The molecule has 0 bridgehead atoms. The third-order valence-electron chi connectivity index (χ3n) is 4.62. The second-order valence-electron chi connectivity index (χ2n) is 7.10. The Balaban J connectivity index is 1.50. The maximum absolute atomic E-state index is 12.1. The van der Waals surface area contributed by atoms with Crippen LogP contribution in [0, 0.1) is 6.92 Å². The summed E-state index contributed by atoms with van der Waals surface area (Å²) in [7, 11) is 2.06. The van der Waals surface area contributed by atoms with Crippen molar-refractivity contribution in [3.63, 3.8) is 0 Å². The van der Waals surface area contributed by atoms with Crippen molar-refractivity contribution in [1.82, 2.24) is 19.9 Å². The van der Waals surface area contributed by atoms with Gasteiger partial charge in [-0.15, -0.1) is 0 Å². The van der Waals surface area contributed by atoms with Crippen molar-refractivity contribution >= 4 is 0 Å². The highest BCUT2D eigenvalue weighted by atomic mass is 16.3. The molecule has 1 N–H and O–H groups in total. The number of hydrogen-bond acceptors (Lipinski definition) is 5. The zero-order chi connectivity index (χ0) is 20.2. The molecular weight excluding hydrogens is 364 g/mol. The minimum atomic E-state index is -0.181. The quantitative estimate of drug-likeness (QED) is 0.541. The lowest BCUT2D eigenvalue weighted by Crippen LogP contribution is -2.16. The Morgan fingerprint density at radius 1 is 0.966 bits per heavy atom. The zero-order valence-corrected chi connectivity index (χ0v) is 16.4. The van der Waals surface area contributed by atoms with E-state index in [-0.39, 0.29) is 5.56 Å². The second kappa shape index (κ2) is 8.24. The first-order valence-electron chi connectivity index (χ1n) is 9.42. The Bertz CT molecular complexity index is 1150. The third-order valence-corrected chi connectivity index (χ3v) is 4.62. The molecule has 4 rings (SSSR count). The van der Waals surface area contributed by atoms with Gasteiger partial charge in [-0.25, -0.2) is 4.98 Å². The highest BCUT2D eigenvalue weighted by Gasteiger charge is 2.08. The van der Waals surface area contributed by atoms with Crippen molar-refractivity contribution in [2.45, 2.75) is 20.0 Å². The van der Waals surface area contributed by atoms with E-state index in [0.29, 0.717) is 11.5 Å². The summed E-state index contributed by atoms with van der Waals surface area (Å²) in [5.74, 6) is 2.43. The summed E-state index contributed by atoms with van der Waals surface area (Å²) >= 11 is 0. The Labute approximate surface area is 168 Å². The topological polar surface area (TPSA) is 75.0 Å². The number of furan rings is 1. The average molecular weight is 386 g/mol. The maximum atomic E-state index is 12.1. The fraction of sp³-hybridized carbons (Fsp3) is 0.174. The van der Waals surface area contributed by atoms with Crippen LogP contribution in [-0.4, -0.2) is 26.9 Å². The van der Waals surface area contributed by atoms with Gasteiger partial charge in [0, 0.05) is 36.1 Å². The van der Waals surface area contributed by atoms with Crippen molar-refractivity contribution in [3.8, 4) is 22.6 Å². The third kappa shape index (κ3) is 4.67. The number of H-pyrrole nitrogens is 1. The maximum Gasteiger partial charge on any atom is 0.251 e. The van der Waals surface area contributed by atoms with E-state index in [1.54, 1.807) is 12.4 Å². The van der Waals surface area contributed by atoms with Gasteiger partial charge < -0.3 is 9.40 Å². The Morgan fingerprint density at radius 3 is 2.41 bits per heavy atom. The van der Waals surface area contributed by atoms with Crippen molar-refractivity contribution in [2.75, 3.05) is 7.05 Å². The first-order chi connectivity index (χ1) is 14.1. The molecule has 0 spiro atoms. The predicted octanol–water partition coefficient (Wildman–Crippen LogP) is 4.03. The van der Waals surface area contributed by atoms with Gasteiger partial charge in [0.1, 0.15) is 17.3 Å². The van der Waals surface area contributed by atoms with Crippen LogP contribution in [-0.2, 0) is 13.1 Å². The SMILES string of the molecule is Cc1ccc(CN(C)Cc2ccc(-c3nc(-c4ccncc4)cc(=O)[nH]3)cc2)o1. The molecule has 4 aromatic rings. The second-order valence-corrected chi connectivity index (χ2v) is 7.10. The molecule has 0 aliphatic heterocycles. The van der Waals surface area contributed by atoms with Gasteiger partial charge in [0.2, 0.25) is 0 Å². The van der Waals surface area contributed by atoms with E-state index in [4.69, 9.17) is 4.42 Å². The number of nitrogens with one attached hydrogen (secondary N) is 1. The van der Waals surface area contributed by atoms with Crippen LogP contribution >= 0.6 is 0 Å². The summed E-state index contributed by atoms with van der Waals surface area (Å²) in [6.07, 6.45) is 3.38. The Hall–Kier alpha value is -3.51. The van der Waals surface area contributed by atoms with Crippen LogP contribution in [0.2, 0.25) is 0 Å². The fourth-order valence-corrected chi connectivity index (χ4v) is 3.24. The van der Waals surface area contributed by atoms with E-state index in [1.807, 2.05) is 43.3 Å². The highest BCUT2D eigenvalue weighted by Crippen LogP contribution is 2.20. The molecule has 0 radical (unpaired) electrons. The number of pyridine rings is 1. The molecule has 6 heteroatoms. The van der Waals surface area contributed by atoms with Crippen molar-refractivity contribution in [1.29, 1.82) is 0 Å². The summed E-state index contributed by atoms with van der Waals surface area (Å²) in [6, 6.07) is 17.2. The normalized spacial score (nSPS) is 11.1. The van der Waals surface area contributed by atoms with E-state index < -0.39 is 0 Å². The van der Waals surface area contributed by atoms with Crippen LogP contribution < -0.4 is 5.56 Å². The van der Waals surface area contributed by atoms with Crippen LogP contribution in [0.1, 0.15) is 17.1 Å². The minimum absolute atomic E-state index is 0.181. The number of aromatic amines is 1. The lowest BCUT2D eigenvalue weighted by atomic mass is 10.1. The molecular formula is C23H22N4O2. The van der Waals surface area contributed by atoms with Crippen LogP contribution in [0.25, 0.3) is 22.6 Å². The van der Waals surface area contributed by atoms with E-state index in [9.17, 15) is 4.79 Å². The molecule has 0 fully saturated rings. The molecule has 146 valence electrons. The summed E-state index contributed by atoms with van der Waals surface area (Å²) in [6.45, 7) is 3.49. The molecule has 0 saturated heterocycles. The largest absolute Gasteiger partial charge is 0.465 e. The molecule has 6 nitrogen and oxygen atoms in total. The fourth-order valence-electron chi connectivity index (χ4n) is 3.24. The zero-order valence-electron chi connectivity index (χ0n) is 16.4. The summed E-state index contributed by atoms with van der Waals surface area (Å²) in [5, 5.41) is 0. The van der Waals surface area contributed by atoms with Gasteiger partial charge in [0.25, 0.3) is 5.56 Å². The summed E-state index contributed by atoms with van der Waals surface area (Å²) in [4.78, 5) is 25.8. The van der Waals surface area contributed by atoms with E-state index >= 15 is 0 Å². The van der Waals surface area contributed by atoms with E-state index in [1.165, 1.54) is 11.6 Å². The van der Waals surface area contributed by atoms with Gasteiger partial charge in [-0.2, -0.15) is 0 Å². The Morgan fingerprint density at radius 2 is 1.72 bits per heavy atom. The molecule has 0 atom stereocenters. The number of benzene rings is 1. The van der Waals surface area contributed by atoms with Gasteiger partial charge in [-0.1, -0.05) is 24.3 Å². The molecule has 0 aliphatic rings. The first kappa shape index (κ1) is 18.8. The van der Waals surface area contributed by atoms with Crippen LogP contribution in [0.4, 0.5) is 0 Å². The van der Waals surface area contributed by atoms with Gasteiger partial charge in [-0.05, 0) is 43.8 Å². The number of aromatic nitrogens is 3. The molecule has 1 aromatic carbocycles. The molecule has 0 unspecified atom stereocenters. The number of nitrogens with zero attached hydrogens (tertiary/aromatic N) is 3. The molecule has 0 saturated carbocycles. The summed E-state index contributed by atoms with van der Waals surface area (Å²) in [5.41, 5.74) is 3.35. The standard InChI is InChI=1S/C23H22N4O2/c1-16-3-8-20(29-16)15-27(2)14-17-4-6-19(7-5-17)23-25-21(13-22(28)26-23)18-9-11-24-12-10-18/h3-13H,14-15H2,1-2H3,(H,25,26,28). The minimum Gasteiger partial charge on any atom is -0.465 e. The van der Waals surface area contributed by atoms with Crippen LogP contribution in [0.3, 0.4) is 0 Å². The van der Waals surface area contributed by atoms with Gasteiger partial charge in [0.15, 0.2) is 0 Å². The summed E-state index contributed by atoms with van der Waals surface area (Å²) < 4.78 is 5.64. The van der Waals surface area contributed by atoms with Crippen LogP contribution in [0.15, 0.2) is 76.2 Å². The number of hydrogen-bond donors (Lipinski definition) is 1. The van der Waals surface area contributed by atoms with Gasteiger partial charge >= 0.3 is 0 Å². The van der Waals surface area contributed by atoms with Gasteiger partial charge in [0.05, 0.1) is 12.2 Å². The van der Waals surface area contributed by atoms with Crippen LogP contribution in [0.5, 0.6) is 0 Å². The van der Waals surface area contributed by atoms with E-state index in [2.05, 4.69) is 39.0 Å². The molecule has 29 heavy (non-hydrogen) atoms. The monoisotopic (exact) mass is 386 g/mol. The molecule has 3 heterocycles.